The summed E-state index contributed by atoms with van der Waals surface area (Å²) in [5.41, 5.74) is 1.15. The largest absolute Gasteiger partial charge is 0.378 e. The number of nitrogens with one attached hydrogen (secondary N) is 1. The van der Waals surface area contributed by atoms with Gasteiger partial charge in [-0.25, -0.2) is 18.6 Å². The molecule has 148 valence electrons. The van der Waals surface area contributed by atoms with Gasteiger partial charge in [0.15, 0.2) is 5.82 Å². The number of urea groups is 1. The number of anilines is 2. The van der Waals surface area contributed by atoms with Crippen LogP contribution in [0.3, 0.4) is 0 Å². The van der Waals surface area contributed by atoms with Gasteiger partial charge in [0.05, 0.1) is 18.9 Å². The molecule has 2 aromatic rings. The second kappa shape index (κ2) is 8.10. The molecular weight excluding hydrogens is 366 g/mol. The Labute approximate surface area is 162 Å². The van der Waals surface area contributed by atoms with Crippen LogP contribution in [-0.2, 0) is 11.2 Å². The smallest absolute Gasteiger partial charge is 0.321 e. The van der Waals surface area contributed by atoms with Crippen LogP contribution in [0.5, 0.6) is 0 Å². The molecule has 4 rings (SSSR count). The van der Waals surface area contributed by atoms with Crippen molar-refractivity contribution in [2.75, 3.05) is 49.6 Å². The van der Waals surface area contributed by atoms with Gasteiger partial charge < -0.3 is 19.9 Å². The second-order valence-electron chi connectivity index (χ2n) is 7.12. The monoisotopic (exact) mass is 388 g/mol. The van der Waals surface area contributed by atoms with Crippen molar-refractivity contribution >= 4 is 17.5 Å². The first-order valence-electron chi connectivity index (χ1n) is 9.38. The highest BCUT2D eigenvalue weighted by Gasteiger charge is 2.32. The summed E-state index contributed by atoms with van der Waals surface area (Å²) in [6.07, 6.45) is 2.19. The summed E-state index contributed by atoms with van der Waals surface area (Å²) in [7, 11) is 0. The van der Waals surface area contributed by atoms with Gasteiger partial charge in [-0.05, 0) is 36.1 Å². The SMILES string of the molecule is O=C(Nc1cccnc1N1CCOCC1)N1CC(Cc2ccc(F)cc2F)C1. The lowest BCUT2D eigenvalue weighted by molar-refractivity contribution is 0.122. The number of carbonyl (C=O) groups excluding carboxylic acids is 1. The maximum absolute atomic E-state index is 13.8. The normalized spacial score (nSPS) is 17.4. The number of likely N-dealkylation sites (tertiary alicyclic amines) is 1. The molecule has 6 nitrogen and oxygen atoms in total. The minimum absolute atomic E-state index is 0.165. The summed E-state index contributed by atoms with van der Waals surface area (Å²) >= 11 is 0. The molecule has 2 aliphatic rings. The Hall–Kier alpha value is -2.74. The van der Waals surface area contributed by atoms with Crippen LogP contribution in [-0.4, -0.2) is 55.3 Å². The molecule has 1 N–H and O–H groups in total. The Morgan fingerprint density at radius 1 is 1.21 bits per heavy atom. The number of amides is 2. The van der Waals surface area contributed by atoms with Crippen molar-refractivity contribution in [2.24, 2.45) is 5.92 Å². The van der Waals surface area contributed by atoms with Crippen LogP contribution in [0.4, 0.5) is 25.1 Å². The number of hydrogen-bond acceptors (Lipinski definition) is 4. The molecule has 1 aromatic carbocycles. The zero-order chi connectivity index (χ0) is 19.5. The molecule has 0 saturated carbocycles. The third kappa shape index (κ3) is 4.06. The van der Waals surface area contributed by atoms with E-state index < -0.39 is 11.6 Å². The number of hydrogen-bond donors (Lipinski definition) is 1. The van der Waals surface area contributed by atoms with Gasteiger partial charge in [-0.1, -0.05) is 6.07 Å². The van der Waals surface area contributed by atoms with Crippen LogP contribution < -0.4 is 10.2 Å². The van der Waals surface area contributed by atoms with Crippen molar-refractivity contribution in [1.82, 2.24) is 9.88 Å². The predicted molar refractivity (Wildman–Crippen MR) is 101 cm³/mol. The zero-order valence-electron chi connectivity index (χ0n) is 15.4. The van der Waals surface area contributed by atoms with Gasteiger partial charge in [-0.2, -0.15) is 0 Å². The molecule has 0 aliphatic carbocycles. The average molecular weight is 388 g/mol. The Morgan fingerprint density at radius 2 is 2.00 bits per heavy atom. The first-order chi connectivity index (χ1) is 13.6. The summed E-state index contributed by atoms with van der Waals surface area (Å²) < 4.78 is 32.2. The van der Waals surface area contributed by atoms with E-state index in [-0.39, 0.29) is 11.9 Å². The Kier molecular flexibility index (Phi) is 5.38. The lowest BCUT2D eigenvalue weighted by atomic mass is 9.92. The van der Waals surface area contributed by atoms with Crippen LogP contribution >= 0.6 is 0 Å². The molecule has 28 heavy (non-hydrogen) atoms. The molecule has 8 heteroatoms. The number of aromatic nitrogens is 1. The van der Waals surface area contributed by atoms with E-state index in [1.54, 1.807) is 17.2 Å². The third-order valence-corrected chi connectivity index (χ3v) is 5.11. The van der Waals surface area contributed by atoms with E-state index in [9.17, 15) is 13.6 Å². The van der Waals surface area contributed by atoms with E-state index in [0.29, 0.717) is 44.0 Å². The summed E-state index contributed by atoms with van der Waals surface area (Å²) in [6.45, 7) is 3.81. The van der Waals surface area contributed by atoms with Gasteiger partial charge in [0.25, 0.3) is 0 Å². The lowest BCUT2D eigenvalue weighted by Crippen LogP contribution is -2.52. The highest BCUT2D eigenvalue weighted by Crippen LogP contribution is 2.26. The number of pyridine rings is 1. The number of rotatable bonds is 4. The van der Waals surface area contributed by atoms with Crippen LogP contribution in [0.25, 0.3) is 0 Å². The minimum Gasteiger partial charge on any atom is -0.378 e. The predicted octanol–water partition coefficient (Wildman–Crippen LogP) is 2.90. The number of carbonyl (C=O) groups is 1. The van der Waals surface area contributed by atoms with E-state index >= 15 is 0 Å². The number of halogens is 2. The quantitative estimate of drug-likeness (QED) is 0.875. The fraction of sp³-hybridized carbons (Fsp3) is 0.400. The number of ether oxygens (including phenoxy) is 1. The lowest BCUT2D eigenvalue weighted by Gasteiger charge is -2.39. The van der Waals surface area contributed by atoms with Crippen LogP contribution in [0.2, 0.25) is 0 Å². The van der Waals surface area contributed by atoms with Crippen LogP contribution in [0.1, 0.15) is 5.56 Å². The van der Waals surface area contributed by atoms with Crippen molar-refractivity contribution < 1.29 is 18.3 Å². The highest BCUT2D eigenvalue weighted by molar-refractivity contribution is 5.92. The highest BCUT2D eigenvalue weighted by atomic mass is 19.1. The maximum atomic E-state index is 13.8. The Balaban J connectivity index is 1.33. The second-order valence-corrected chi connectivity index (χ2v) is 7.12. The molecule has 3 heterocycles. The van der Waals surface area contributed by atoms with Gasteiger partial charge in [-0.3, -0.25) is 0 Å². The molecule has 0 unspecified atom stereocenters. The van der Waals surface area contributed by atoms with Gasteiger partial charge in [0.2, 0.25) is 0 Å². The maximum Gasteiger partial charge on any atom is 0.321 e. The van der Waals surface area contributed by atoms with Crippen molar-refractivity contribution in [3.05, 3.63) is 53.7 Å². The number of nitrogens with zero attached hydrogens (tertiary/aromatic N) is 3. The van der Waals surface area contributed by atoms with Crippen molar-refractivity contribution in [1.29, 1.82) is 0 Å². The fourth-order valence-corrected chi connectivity index (χ4v) is 3.58. The van der Waals surface area contributed by atoms with Gasteiger partial charge >= 0.3 is 6.03 Å². The van der Waals surface area contributed by atoms with Gasteiger partial charge in [0, 0.05) is 38.4 Å². The first-order valence-corrected chi connectivity index (χ1v) is 9.38. The molecule has 2 aliphatic heterocycles. The van der Waals surface area contributed by atoms with E-state index in [0.717, 1.165) is 25.0 Å². The van der Waals surface area contributed by atoms with E-state index in [2.05, 4.69) is 15.2 Å². The van der Waals surface area contributed by atoms with Gasteiger partial charge in [0.1, 0.15) is 11.6 Å². The molecule has 1 aromatic heterocycles. The van der Waals surface area contributed by atoms with Gasteiger partial charge in [-0.15, -0.1) is 0 Å². The topological polar surface area (TPSA) is 57.7 Å². The van der Waals surface area contributed by atoms with Crippen molar-refractivity contribution in [3.63, 3.8) is 0 Å². The molecule has 0 spiro atoms. The average Bonchev–Trinajstić information content (AvgIpc) is 2.67. The molecule has 2 saturated heterocycles. The summed E-state index contributed by atoms with van der Waals surface area (Å²) in [6, 6.07) is 7.05. The molecule has 0 radical (unpaired) electrons. The minimum atomic E-state index is -0.580. The number of benzene rings is 1. The molecule has 2 amide bonds. The molecule has 2 fully saturated rings. The summed E-state index contributed by atoms with van der Waals surface area (Å²) in [5.74, 6) is -0.209. The van der Waals surface area contributed by atoms with Crippen LogP contribution in [0, 0.1) is 17.6 Å². The molecule has 0 bridgehead atoms. The fourth-order valence-electron chi connectivity index (χ4n) is 3.58. The van der Waals surface area contributed by atoms with E-state index in [4.69, 9.17) is 4.74 Å². The Morgan fingerprint density at radius 3 is 2.75 bits per heavy atom. The summed E-state index contributed by atoms with van der Waals surface area (Å²) in [4.78, 5) is 20.7. The number of morpholine rings is 1. The first kappa shape index (κ1) is 18.6. The van der Waals surface area contributed by atoms with Crippen molar-refractivity contribution in [2.45, 2.75) is 6.42 Å². The standard InChI is InChI=1S/C20H22F2N4O2/c21-16-4-3-15(17(22)11-16)10-14-12-26(13-14)20(27)24-18-2-1-5-23-19(18)25-6-8-28-9-7-25/h1-5,11,14H,6-10,12-13H2,(H,24,27). The molecule has 0 atom stereocenters. The third-order valence-electron chi connectivity index (χ3n) is 5.11. The summed E-state index contributed by atoms with van der Waals surface area (Å²) in [5, 5.41) is 2.93. The van der Waals surface area contributed by atoms with E-state index in [1.807, 2.05) is 6.07 Å². The van der Waals surface area contributed by atoms with Crippen molar-refractivity contribution in [3.8, 4) is 0 Å². The molecular formula is C20H22F2N4O2. The van der Waals surface area contributed by atoms with E-state index in [1.165, 1.54) is 12.1 Å². The van der Waals surface area contributed by atoms with Crippen LogP contribution in [0.15, 0.2) is 36.5 Å². The zero-order valence-corrected chi connectivity index (χ0v) is 15.4. The Bertz CT molecular complexity index is 852.